The largest absolute Gasteiger partial charge is 0.473 e. The Kier molecular flexibility index (Phi) is 3.52. The van der Waals surface area contributed by atoms with Gasteiger partial charge in [-0.25, -0.2) is 9.97 Å². The Hall–Kier alpha value is -1.63. The van der Waals surface area contributed by atoms with Crippen molar-refractivity contribution in [3.05, 3.63) is 36.4 Å². The summed E-state index contributed by atoms with van der Waals surface area (Å²) in [5.74, 6) is 0. The highest BCUT2D eigenvalue weighted by Crippen LogP contribution is 2.40. The Morgan fingerprint density at radius 1 is 1.00 bits per heavy atom. The molecule has 0 unspecified atom stereocenters. The van der Waals surface area contributed by atoms with E-state index in [0.717, 1.165) is 25.6 Å². The SMILES string of the molecule is COc1nc2c(-c3cccc4nc(SC)sc34)cccc2s1. The number of fused-ring (bicyclic) bond motifs is 2. The highest BCUT2D eigenvalue weighted by molar-refractivity contribution is 8.00. The predicted molar refractivity (Wildman–Crippen MR) is 96.6 cm³/mol. The number of aromatic nitrogens is 2. The molecule has 0 aliphatic heterocycles. The van der Waals surface area contributed by atoms with E-state index in [4.69, 9.17) is 4.74 Å². The number of benzene rings is 2. The molecule has 0 atom stereocenters. The Morgan fingerprint density at radius 2 is 1.82 bits per heavy atom. The summed E-state index contributed by atoms with van der Waals surface area (Å²) in [7, 11) is 1.66. The number of hydrogen-bond donors (Lipinski definition) is 0. The fourth-order valence-electron chi connectivity index (χ4n) is 2.46. The van der Waals surface area contributed by atoms with Crippen LogP contribution < -0.4 is 4.74 Å². The minimum Gasteiger partial charge on any atom is -0.473 e. The van der Waals surface area contributed by atoms with Crippen LogP contribution in [0.2, 0.25) is 0 Å². The molecule has 0 bridgehead atoms. The summed E-state index contributed by atoms with van der Waals surface area (Å²) >= 11 is 4.99. The van der Waals surface area contributed by atoms with E-state index < -0.39 is 0 Å². The normalized spacial score (nSPS) is 11.4. The maximum absolute atomic E-state index is 5.29. The lowest BCUT2D eigenvalue weighted by atomic mass is 10.0. The van der Waals surface area contributed by atoms with E-state index in [1.807, 2.05) is 0 Å². The molecule has 0 N–H and O–H groups in total. The summed E-state index contributed by atoms with van der Waals surface area (Å²) < 4.78 is 8.74. The average Bonchev–Trinajstić information content (AvgIpc) is 3.17. The van der Waals surface area contributed by atoms with Gasteiger partial charge in [0.05, 0.1) is 27.5 Å². The Balaban J connectivity index is 2.02. The van der Waals surface area contributed by atoms with Crippen LogP contribution in [0.4, 0.5) is 0 Å². The molecule has 110 valence electrons. The maximum atomic E-state index is 5.29. The number of para-hydroxylation sites is 1. The quantitative estimate of drug-likeness (QED) is 0.472. The first-order valence-corrected chi connectivity index (χ1v) is 9.53. The molecule has 3 nitrogen and oxygen atoms in total. The van der Waals surface area contributed by atoms with Gasteiger partial charge in [0.15, 0.2) is 4.34 Å². The third-order valence-corrected chi connectivity index (χ3v) is 6.51. The van der Waals surface area contributed by atoms with Crippen LogP contribution in [-0.4, -0.2) is 23.3 Å². The standard InChI is InChI=1S/C16H12N2OS3/c1-19-15-18-13-9(5-4-8-12(13)21-15)10-6-3-7-11-14(10)22-16(17-11)20-2/h3-8H,1-2H3. The molecule has 4 rings (SSSR count). The van der Waals surface area contributed by atoms with Gasteiger partial charge in [0.2, 0.25) is 0 Å². The van der Waals surface area contributed by atoms with Gasteiger partial charge >= 0.3 is 0 Å². The van der Waals surface area contributed by atoms with Crippen molar-refractivity contribution in [2.45, 2.75) is 4.34 Å². The van der Waals surface area contributed by atoms with E-state index in [1.54, 1.807) is 41.5 Å². The molecule has 0 radical (unpaired) electrons. The molecule has 0 amide bonds. The molecular weight excluding hydrogens is 332 g/mol. The zero-order valence-corrected chi connectivity index (χ0v) is 14.4. The van der Waals surface area contributed by atoms with Crippen molar-refractivity contribution in [3.63, 3.8) is 0 Å². The van der Waals surface area contributed by atoms with Gasteiger partial charge in [0.1, 0.15) is 0 Å². The summed E-state index contributed by atoms with van der Waals surface area (Å²) in [6.45, 7) is 0. The topological polar surface area (TPSA) is 35.0 Å². The second-order valence-corrected chi connectivity index (χ2v) is 7.72. The maximum Gasteiger partial charge on any atom is 0.274 e. The van der Waals surface area contributed by atoms with Gasteiger partial charge in [-0.2, -0.15) is 0 Å². The number of methoxy groups -OCH3 is 1. The van der Waals surface area contributed by atoms with Gasteiger partial charge in [-0.1, -0.05) is 47.4 Å². The fourth-order valence-corrected chi connectivity index (χ4v) is 4.87. The van der Waals surface area contributed by atoms with Crippen LogP contribution in [-0.2, 0) is 0 Å². The smallest absolute Gasteiger partial charge is 0.274 e. The molecule has 0 saturated heterocycles. The van der Waals surface area contributed by atoms with Crippen LogP contribution in [0.25, 0.3) is 31.6 Å². The molecule has 2 aromatic heterocycles. The molecule has 0 saturated carbocycles. The first kappa shape index (κ1) is 14.0. The Morgan fingerprint density at radius 3 is 2.64 bits per heavy atom. The van der Waals surface area contributed by atoms with Gasteiger partial charge in [0, 0.05) is 11.1 Å². The molecule has 22 heavy (non-hydrogen) atoms. The lowest BCUT2D eigenvalue weighted by Crippen LogP contribution is -1.82. The fraction of sp³-hybridized carbons (Fsp3) is 0.125. The third-order valence-electron chi connectivity index (χ3n) is 3.43. The van der Waals surface area contributed by atoms with Crippen molar-refractivity contribution in [1.82, 2.24) is 9.97 Å². The van der Waals surface area contributed by atoms with Crippen molar-refractivity contribution in [3.8, 4) is 16.3 Å². The third kappa shape index (κ3) is 2.18. The van der Waals surface area contributed by atoms with Crippen molar-refractivity contribution in [1.29, 1.82) is 0 Å². The van der Waals surface area contributed by atoms with Gasteiger partial charge in [-0.15, -0.1) is 11.3 Å². The van der Waals surface area contributed by atoms with Crippen LogP contribution in [0.15, 0.2) is 40.7 Å². The molecule has 0 aliphatic rings. The molecule has 4 aromatic rings. The Bertz CT molecular complexity index is 894. The minimum absolute atomic E-state index is 0.698. The van der Waals surface area contributed by atoms with E-state index >= 15 is 0 Å². The van der Waals surface area contributed by atoms with Gasteiger partial charge in [-0.05, 0) is 18.4 Å². The van der Waals surface area contributed by atoms with Crippen LogP contribution in [0.1, 0.15) is 0 Å². The number of ether oxygens (including phenoxy) is 1. The lowest BCUT2D eigenvalue weighted by molar-refractivity contribution is 0.413. The molecule has 0 aliphatic carbocycles. The summed E-state index contributed by atoms with van der Waals surface area (Å²) in [4.78, 5) is 9.27. The number of hydrogen-bond acceptors (Lipinski definition) is 6. The van der Waals surface area contributed by atoms with Crippen molar-refractivity contribution >= 4 is 54.9 Å². The predicted octanol–water partition coefficient (Wildman–Crippen LogP) is 5.30. The second kappa shape index (κ2) is 5.53. The molecule has 0 spiro atoms. The van der Waals surface area contributed by atoms with Gasteiger partial charge in [0.25, 0.3) is 5.19 Å². The second-order valence-electron chi connectivity index (χ2n) is 4.67. The van der Waals surface area contributed by atoms with E-state index in [1.165, 1.54) is 10.3 Å². The monoisotopic (exact) mass is 344 g/mol. The minimum atomic E-state index is 0.698. The summed E-state index contributed by atoms with van der Waals surface area (Å²) in [5.41, 5.74) is 4.37. The Labute approximate surface area is 140 Å². The molecule has 6 heteroatoms. The van der Waals surface area contributed by atoms with Gasteiger partial charge in [-0.3, -0.25) is 0 Å². The summed E-state index contributed by atoms with van der Waals surface area (Å²) in [5, 5.41) is 0.698. The zero-order valence-electron chi connectivity index (χ0n) is 12.0. The van der Waals surface area contributed by atoms with Crippen molar-refractivity contribution < 1.29 is 4.74 Å². The zero-order chi connectivity index (χ0) is 15.1. The van der Waals surface area contributed by atoms with Crippen LogP contribution >= 0.6 is 34.4 Å². The number of nitrogens with zero attached hydrogens (tertiary/aromatic N) is 2. The molecule has 2 heterocycles. The number of thiazole rings is 2. The van der Waals surface area contributed by atoms with E-state index in [0.29, 0.717) is 5.19 Å². The summed E-state index contributed by atoms with van der Waals surface area (Å²) in [6, 6.07) is 12.5. The number of rotatable bonds is 3. The molecule has 2 aromatic carbocycles. The highest BCUT2D eigenvalue weighted by Gasteiger charge is 2.14. The molecular formula is C16H12N2OS3. The first-order valence-electron chi connectivity index (χ1n) is 6.67. The first-order chi connectivity index (χ1) is 10.8. The van der Waals surface area contributed by atoms with Crippen LogP contribution in [0.5, 0.6) is 5.19 Å². The average molecular weight is 344 g/mol. The van der Waals surface area contributed by atoms with Gasteiger partial charge < -0.3 is 4.74 Å². The summed E-state index contributed by atoms with van der Waals surface area (Å²) in [6.07, 6.45) is 2.06. The van der Waals surface area contributed by atoms with E-state index in [9.17, 15) is 0 Å². The van der Waals surface area contributed by atoms with Crippen molar-refractivity contribution in [2.75, 3.05) is 13.4 Å². The van der Waals surface area contributed by atoms with Crippen molar-refractivity contribution in [2.24, 2.45) is 0 Å². The van der Waals surface area contributed by atoms with E-state index in [2.05, 4.69) is 52.6 Å². The van der Waals surface area contributed by atoms with Crippen LogP contribution in [0, 0.1) is 0 Å². The highest BCUT2D eigenvalue weighted by atomic mass is 32.2. The lowest BCUT2D eigenvalue weighted by Gasteiger charge is -2.03. The number of thioether (sulfide) groups is 1. The molecule has 0 fully saturated rings. The van der Waals surface area contributed by atoms with E-state index in [-0.39, 0.29) is 0 Å². The van der Waals surface area contributed by atoms with Crippen LogP contribution in [0.3, 0.4) is 0 Å².